The average molecular weight is 366 g/mol. The van der Waals surface area contributed by atoms with E-state index in [-0.39, 0.29) is 5.56 Å². The minimum absolute atomic E-state index is 0.167. The number of ether oxygens (including phenoxy) is 1. The number of aromatic nitrogens is 2. The van der Waals surface area contributed by atoms with Crippen LogP contribution in [0.15, 0.2) is 35.1 Å². The van der Waals surface area contributed by atoms with E-state index >= 15 is 0 Å². The van der Waals surface area contributed by atoms with Crippen molar-refractivity contribution in [3.8, 4) is 6.07 Å². The summed E-state index contributed by atoms with van der Waals surface area (Å²) in [5.41, 5.74) is 3.06. The molecule has 0 bridgehead atoms. The molecule has 1 atom stereocenters. The Kier molecular flexibility index (Phi) is 4.70. The number of aryl methyl sites for hydroxylation is 1. The van der Waals surface area contributed by atoms with Crippen molar-refractivity contribution in [2.24, 2.45) is 0 Å². The van der Waals surface area contributed by atoms with E-state index in [4.69, 9.17) is 4.74 Å². The number of hydrogen-bond donors (Lipinski definition) is 1. The van der Waals surface area contributed by atoms with E-state index < -0.39 is 6.10 Å². The highest BCUT2D eigenvalue weighted by Gasteiger charge is 2.21. The summed E-state index contributed by atoms with van der Waals surface area (Å²) >= 11 is 0. The van der Waals surface area contributed by atoms with Gasteiger partial charge < -0.3 is 14.4 Å². The molecule has 1 aliphatic rings. The van der Waals surface area contributed by atoms with Crippen molar-refractivity contribution in [2.75, 3.05) is 32.8 Å². The molecular weight excluding hydrogens is 344 g/mol. The van der Waals surface area contributed by atoms with Gasteiger partial charge in [-0.15, -0.1) is 0 Å². The topological polar surface area (TPSA) is 82.9 Å². The molecule has 0 unspecified atom stereocenters. The molecule has 7 heteroatoms. The molecule has 1 N–H and O–H groups in total. The van der Waals surface area contributed by atoms with Gasteiger partial charge in [-0.3, -0.25) is 14.1 Å². The molecule has 0 amide bonds. The molecule has 4 rings (SSSR count). The SMILES string of the molecule is Cc1cc(=O)n2c3ccccc3n(C[C@@H](O)CN3CCOCC3)c2c1C#N. The third kappa shape index (κ3) is 3.12. The Bertz CT molecular complexity index is 1090. The largest absolute Gasteiger partial charge is 0.390 e. The monoisotopic (exact) mass is 366 g/mol. The molecule has 3 heterocycles. The van der Waals surface area contributed by atoms with Gasteiger partial charge >= 0.3 is 0 Å². The molecule has 1 saturated heterocycles. The van der Waals surface area contributed by atoms with Crippen molar-refractivity contribution in [1.29, 1.82) is 5.26 Å². The molecule has 27 heavy (non-hydrogen) atoms. The van der Waals surface area contributed by atoms with Crippen LogP contribution in [0.5, 0.6) is 0 Å². The van der Waals surface area contributed by atoms with Gasteiger partial charge in [-0.05, 0) is 24.6 Å². The second-order valence-corrected chi connectivity index (χ2v) is 6.98. The van der Waals surface area contributed by atoms with Crippen LogP contribution in [0, 0.1) is 18.3 Å². The van der Waals surface area contributed by atoms with E-state index in [0.29, 0.717) is 43.1 Å². The molecule has 0 spiro atoms. The number of morpholine rings is 1. The van der Waals surface area contributed by atoms with E-state index in [2.05, 4.69) is 11.0 Å². The lowest BCUT2D eigenvalue weighted by Gasteiger charge is -2.28. The van der Waals surface area contributed by atoms with Gasteiger partial charge in [-0.1, -0.05) is 12.1 Å². The third-order valence-corrected chi connectivity index (χ3v) is 5.14. The third-order valence-electron chi connectivity index (χ3n) is 5.14. The Morgan fingerprint density at radius 3 is 2.63 bits per heavy atom. The lowest BCUT2D eigenvalue weighted by atomic mass is 10.1. The van der Waals surface area contributed by atoms with Crippen LogP contribution in [0.25, 0.3) is 16.7 Å². The Morgan fingerprint density at radius 2 is 1.93 bits per heavy atom. The Labute approximate surface area is 156 Å². The highest BCUT2D eigenvalue weighted by molar-refractivity contribution is 5.84. The van der Waals surface area contributed by atoms with Crippen LogP contribution >= 0.6 is 0 Å². The molecule has 0 radical (unpaired) electrons. The highest BCUT2D eigenvalue weighted by atomic mass is 16.5. The second kappa shape index (κ2) is 7.16. The fraction of sp³-hybridized carbons (Fsp3) is 0.400. The van der Waals surface area contributed by atoms with Gasteiger partial charge in [-0.2, -0.15) is 5.26 Å². The number of nitrogens with zero attached hydrogens (tertiary/aromatic N) is 4. The number of β-amino-alcohol motifs (C(OH)–C–C–N with tert-alkyl or cyclic N) is 1. The van der Waals surface area contributed by atoms with Crippen LogP contribution < -0.4 is 5.56 Å². The predicted octanol–water partition coefficient (Wildman–Crippen LogP) is 1.13. The Morgan fingerprint density at radius 1 is 1.22 bits per heavy atom. The number of rotatable bonds is 4. The minimum Gasteiger partial charge on any atom is -0.390 e. The van der Waals surface area contributed by atoms with Gasteiger partial charge in [0.1, 0.15) is 11.7 Å². The van der Waals surface area contributed by atoms with Crippen molar-refractivity contribution in [3.05, 3.63) is 51.8 Å². The molecule has 3 aromatic rings. The van der Waals surface area contributed by atoms with Crippen molar-refractivity contribution in [3.63, 3.8) is 0 Å². The Hall–Kier alpha value is -2.66. The second-order valence-electron chi connectivity index (χ2n) is 6.98. The van der Waals surface area contributed by atoms with Crippen LogP contribution in [-0.2, 0) is 11.3 Å². The summed E-state index contributed by atoms with van der Waals surface area (Å²) < 4.78 is 8.82. The normalized spacial score (nSPS) is 16.6. The molecule has 0 saturated carbocycles. The number of pyridine rings is 1. The zero-order valence-electron chi connectivity index (χ0n) is 15.3. The molecule has 0 aliphatic carbocycles. The molecule has 140 valence electrons. The number of para-hydroxylation sites is 2. The van der Waals surface area contributed by atoms with Gasteiger partial charge in [0.05, 0.1) is 42.5 Å². The zero-order chi connectivity index (χ0) is 19.0. The maximum atomic E-state index is 12.7. The maximum Gasteiger partial charge on any atom is 0.257 e. The average Bonchev–Trinajstić information content (AvgIpc) is 2.98. The quantitative estimate of drug-likeness (QED) is 0.748. The van der Waals surface area contributed by atoms with Crippen LogP contribution in [0.2, 0.25) is 0 Å². The van der Waals surface area contributed by atoms with Gasteiger partial charge in [0.2, 0.25) is 0 Å². The van der Waals surface area contributed by atoms with Gasteiger partial charge in [0.15, 0.2) is 0 Å². The molecule has 1 aliphatic heterocycles. The molecule has 7 nitrogen and oxygen atoms in total. The number of benzene rings is 1. The number of imidazole rings is 1. The van der Waals surface area contributed by atoms with Crippen LogP contribution in [0.1, 0.15) is 11.1 Å². The van der Waals surface area contributed by atoms with E-state index in [1.165, 1.54) is 6.07 Å². The molecular formula is C20H22N4O3. The summed E-state index contributed by atoms with van der Waals surface area (Å²) in [6.45, 7) is 5.56. The molecule has 2 aromatic heterocycles. The first kappa shape index (κ1) is 17.7. The first-order valence-electron chi connectivity index (χ1n) is 9.12. The van der Waals surface area contributed by atoms with E-state index in [9.17, 15) is 15.2 Å². The van der Waals surface area contributed by atoms with E-state index in [1.54, 1.807) is 11.3 Å². The van der Waals surface area contributed by atoms with Gasteiger partial charge in [-0.25, -0.2) is 0 Å². The van der Waals surface area contributed by atoms with Gasteiger partial charge in [0, 0.05) is 25.7 Å². The number of nitriles is 1. The minimum atomic E-state index is -0.620. The van der Waals surface area contributed by atoms with Gasteiger partial charge in [0.25, 0.3) is 5.56 Å². The number of aliphatic hydroxyl groups is 1. The van der Waals surface area contributed by atoms with E-state index in [0.717, 1.165) is 24.1 Å². The summed E-state index contributed by atoms with van der Waals surface area (Å²) in [6.07, 6.45) is -0.620. The van der Waals surface area contributed by atoms with Crippen LogP contribution in [0.3, 0.4) is 0 Å². The van der Waals surface area contributed by atoms with Crippen molar-refractivity contribution >= 4 is 16.7 Å². The first-order valence-corrected chi connectivity index (χ1v) is 9.12. The predicted molar refractivity (Wildman–Crippen MR) is 102 cm³/mol. The summed E-state index contributed by atoms with van der Waals surface area (Å²) in [4.78, 5) is 14.8. The fourth-order valence-electron chi connectivity index (χ4n) is 3.87. The van der Waals surface area contributed by atoms with Crippen molar-refractivity contribution in [2.45, 2.75) is 19.6 Å². The number of fused-ring (bicyclic) bond motifs is 3. The summed E-state index contributed by atoms with van der Waals surface area (Å²) in [6, 6.07) is 11.3. The lowest BCUT2D eigenvalue weighted by Crippen LogP contribution is -2.42. The van der Waals surface area contributed by atoms with Crippen LogP contribution in [0.4, 0.5) is 0 Å². The first-order chi connectivity index (χ1) is 13.1. The van der Waals surface area contributed by atoms with Crippen LogP contribution in [-0.4, -0.2) is 57.9 Å². The summed E-state index contributed by atoms with van der Waals surface area (Å²) in [5, 5.41) is 20.4. The smallest absolute Gasteiger partial charge is 0.257 e. The number of hydrogen-bond acceptors (Lipinski definition) is 5. The molecule has 1 aromatic carbocycles. The number of aliphatic hydroxyl groups excluding tert-OH is 1. The van der Waals surface area contributed by atoms with Crippen molar-refractivity contribution in [1.82, 2.24) is 13.9 Å². The highest BCUT2D eigenvalue weighted by Crippen LogP contribution is 2.24. The fourth-order valence-corrected chi connectivity index (χ4v) is 3.87. The summed E-state index contributed by atoms with van der Waals surface area (Å²) in [7, 11) is 0. The Balaban J connectivity index is 1.83. The van der Waals surface area contributed by atoms with E-state index in [1.807, 2.05) is 28.8 Å². The maximum absolute atomic E-state index is 12.7. The summed E-state index contributed by atoms with van der Waals surface area (Å²) in [5.74, 6) is 0. The zero-order valence-corrected chi connectivity index (χ0v) is 15.3. The lowest BCUT2D eigenvalue weighted by molar-refractivity contribution is 0.0119. The van der Waals surface area contributed by atoms with Crippen molar-refractivity contribution < 1.29 is 9.84 Å². The molecule has 1 fully saturated rings. The standard InChI is InChI=1S/C20H22N4O3/c1-14-10-19(26)24-18-5-3-2-4-17(18)23(20(24)16(14)11-21)13-15(25)12-22-6-8-27-9-7-22/h2-5,10,15,25H,6-9,12-13H2,1H3/t15-/m0/s1.